The summed E-state index contributed by atoms with van der Waals surface area (Å²) in [6.45, 7) is 1.91. The first kappa shape index (κ1) is 10.4. The number of methoxy groups -OCH3 is 1. The maximum Gasteiger partial charge on any atom is 0.151 e. The van der Waals surface area contributed by atoms with Crippen LogP contribution in [0.2, 0.25) is 0 Å². The number of hydrogen-bond acceptors (Lipinski definition) is 3. The highest BCUT2D eigenvalue weighted by molar-refractivity contribution is 5.97. The van der Waals surface area contributed by atoms with E-state index < -0.39 is 0 Å². The van der Waals surface area contributed by atoms with Crippen molar-refractivity contribution >= 4 is 11.4 Å². The van der Waals surface area contributed by atoms with Crippen molar-refractivity contribution in [1.29, 1.82) is 0 Å². The Morgan fingerprint density at radius 2 is 2.19 bits per heavy atom. The van der Waals surface area contributed by atoms with Gasteiger partial charge < -0.3 is 9.72 Å². The third kappa shape index (κ3) is 2.11. The Morgan fingerprint density at radius 1 is 1.38 bits per heavy atom. The van der Waals surface area contributed by atoms with Crippen molar-refractivity contribution in [2.45, 2.75) is 6.92 Å². The molecule has 0 unspecified atom stereocenters. The third-order valence-electron chi connectivity index (χ3n) is 2.21. The van der Waals surface area contributed by atoms with Gasteiger partial charge in [0.25, 0.3) is 0 Å². The van der Waals surface area contributed by atoms with Crippen LogP contribution in [0.15, 0.2) is 41.7 Å². The summed E-state index contributed by atoms with van der Waals surface area (Å²) >= 11 is 0. The van der Waals surface area contributed by atoms with Gasteiger partial charge in [-0.05, 0) is 19.1 Å². The molecule has 1 aromatic heterocycles. The van der Waals surface area contributed by atoms with Crippen molar-refractivity contribution in [2.24, 2.45) is 4.99 Å². The van der Waals surface area contributed by atoms with Gasteiger partial charge in [0.05, 0.1) is 12.8 Å². The van der Waals surface area contributed by atoms with Gasteiger partial charge in [-0.2, -0.15) is 0 Å². The second kappa shape index (κ2) is 4.61. The fourth-order valence-corrected chi connectivity index (χ4v) is 1.42. The van der Waals surface area contributed by atoms with Gasteiger partial charge in [0.15, 0.2) is 5.82 Å². The van der Waals surface area contributed by atoms with Gasteiger partial charge in [-0.15, -0.1) is 0 Å². The molecule has 0 aliphatic rings. The molecule has 1 aromatic carbocycles. The molecule has 4 nitrogen and oxygen atoms in total. The van der Waals surface area contributed by atoms with Crippen LogP contribution in [0.4, 0.5) is 5.69 Å². The van der Waals surface area contributed by atoms with Crippen LogP contribution in [0.25, 0.3) is 0 Å². The molecule has 2 rings (SSSR count). The van der Waals surface area contributed by atoms with Gasteiger partial charge in [0.1, 0.15) is 11.4 Å². The average molecular weight is 215 g/mol. The van der Waals surface area contributed by atoms with Crippen molar-refractivity contribution in [3.8, 4) is 5.75 Å². The topological polar surface area (TPSA) is 50.3 Å². The summed E-state index contributed by atoms with van der Waals surface area (Å²) in [5, 5.41) is 0. The molecule has 0 aliphatic heterocycles. The molecule has 0 fully saturated rings. The van der Waals surface area contributed by atoms with Gasteiger partial charge in [-0.25, -0.2) is 9.98 Å². The molecule has 0 bridgehead atoms. The number of aromatic amines is 1. The number of para-hydroxylation sites is 2. The number of aliphatic imine (C=N–C) groups is 1. The predicted octanol–water partition coefficient (Wildman–Crippen LogP) is 2.56. The number of imidazole rings is 1. The summed E-state index contributed by atoms with van der Waals surface area (Å²) in [6, 6.07) is 7.64. The van der Waals surface area contributed by atoms with E-state index in [4.69, 9.17) is 4.74 Å². The molecule has 0 saturated carbocycles. The number of nitrogens with zero attached hydrogens (tertiary/aromatic N) is 2. The molecular formula is C12H13N3O. The molecule has 0 atom stereocenters. The van der Waals surface area contributed by atoms with Crippen molar-refractivity contribution in [3.05, 3.63) is 42.5 Å². The number of aromatic nitrogens is 2. The summed E-state index contributed by atoms with van der Waals surface area (Å²) in [6.07, 6.45) is 3.48. The minimum atomic E-state index is 0.758. The monoisotopic (exact) mass is 215 g/mol. The summed E-state index contributed by atoms with van der Waals surface area (Å²) in [5.41, 5.74) is 1.63. The van der Waals surface area contributed by atoms with E-state index in [2.05, 4.69) is 15.0 Å². The zero-order valence-electron chi connectivity index (χ0n) is 9.27. The molecular weight excluding hydrogens is 202 g/mol. The lowest BCUT2D eigenvalue weighted by molar-refractivity contribution is 0.416. The van der Waals surface area contributed by atoms with Gasteiger partial charge in [-0.3, -0.25) is 0 Å². The van der Waals surface area contributed by atoms with Gasteiger partial charge in [0, 0.05) is 12.4 Å². The maximum absolute atomic E-state index is 5.23. The van der Waals surface area contributed by atoms with E-state index in [1.807, 2.05) is 31.2 Å². The van der Waals surface area contributed by atoms with Gasteiger partial charge in [0.2, 0.25) is 0 Å². The van der Waals surface area contributed by atoms with Crippen LogP contribution < -0.4 is 4.74 Å². The Kier molecular flexibility index (Phi) is 3.00. The summed E-state index contributed by atoms with van der Waals surface area (Å²) in [7, 11) is 1.64. The molecule has 16 heavy (non-hydrogen) atoms. The lowest BCUT2D eigenvalue weighted by Crippen LogP contribution is -1.96. The molecule has 2 aromatic rings. The van der Waals surface area contributed by atoms with Crippen molar-refractivity contribution in [1.82, 2.24) is 9.97 Å². The van der Waals surface area contributed by atoms with Crippen molar-refractivity contribution in [3.63, 3.8) is 0 Å². The number of nitrogens with one attached hydrogen (secondary N) is 1. The number of H-pyrrole nitrogens is 1. The van der Waals surface area contributed by atoms with Crippen LogP contribution in [0.5, 0.6) is 5.75 Å². The molecule has 1 N–H and O–H groups in total. The van der Waals surface area contributed by atoms with Crippen LogP contribution in [0, 0.1) is 0 Å². The molecule has 0 radical (unpaired) electrons. The van der Waals surface area contributed by atoms with E-state index in [1.54, 1.807) is 19.5 Å². The molecule has 0 aliphatic carbocycles. The van der Waals surface area contributed by atoms with Crippen molar-refractivity contribution < 1.29 is 4.74 Å². The van der Waals surface area contributed by atoms with Gasteiger partial charge in [-0.1, -0.05) is 12.1 Å². The lowest BCUT2D eigenvalue weighted by Gasteiger charge is -2.04. The fraction of sp³-hybridized carbons (Fsp3) is 0.167. The average Bonchev–Trinajstić information content (AvgIpc) is 2.83. The van der Waals surface area contributed by atoms with Crippen LogP contribution in [0.3, 0.4) is 0 Å². The van der Waals surface area contributed by atoms with Crippen LogP contribution >= 0.6 is 0 Å². The highest BCUT2D eigenvalue weighted by atomic mass is 16.5. The first-order valence-electron chi connectivity index (χ1n) is 4.99. The molecule has 0 amide bonds. The van der Waals surface area contributed by atoms with E-state index in [9.17, 15) is 0 Å². The summed E-state index contributed by atoms with van der Waals surface area (Å²) in [4.78, 5) is 11.6. The van der Waals surface area contributed by atoms with E-state index in [0.29, 0.717) is 0 Å². The van der Waals surface area contributed by atoms with E-state index in [1.165, 1.54) is 0 Å². The van der Waals surface area contributed by atoms with E-state index >= 15 is 0 Å². The fourth-order valence-electron chi connectivity index (χ4n) is 1.42. The number of hydrogen-bond donors (Lipinski definition) is 1. The number of rotatable bonds is 3. The van der Waals surface area contributed by atoms with Crippen LogP contribution in [-0.4, -0.2) is 22.8 Å². The van der Waals surface area contributed by atoms with E-state index in [-0.39, 0.29) is 0 Å². The van der Waals surface area contributed by atoms with Gasteiger partial charge >= 0.3 is 0 Å². The molecule has 4 heteroatoms. The zero-order valence-corrected chi connectivity index (χ0v) is 9.27. The quantitative estimate of drug-likeness (QED) is 0.800. The highest BCUT2D eigenvalue weighted by Crippen LogP contribution is 2.26. The Bertz CT molecular complexity index is 489. The smallest absolute Gasteiger partial charge is 0.151 e. The van der Waals surface area contributed by atoms with Crippen molar-refractivity contribution in [2.75, 3.05) is 7.11 Å². The second-order valence-electron chi connectivity index (χ2n) is 3.31. The molecule has 1 heterocycles. The Hall–Kier alpha value is -2.10. The Morgan fingerprint density at radius 3 is 2.88 bits per heavy atom. The first-order valence-corrected chi connectivity index (χ1v) is 4.99. The summed E-state index contributed by atoms with van der Waals surface area (Å²) < 4.78 is 5.23. The Balaban J connectivity index is 2.35. The largest absolute Gasteiger partial charge is 0.494 e. The molecule has 0 saturated heterocycles. The van der Waals surface area contributed by atoms with Crippen LogP contribution in [0.1, 0.15) is 12.7 Å². The molecule has 82 valence electrons. The first-order chi connectivity index (χ1) is 7.81. The highest BCUT2D eigenvalue weighted by Gasteiger charge is 2.03. The number of benzene rings is 1. The van der Waals surface area contributed by atoms with E-state index in [0.717, 1.165) is 23.0 Å². The van der Waals surface area contributed by atoms with Crippen LogP contribution in [-0.2, 0) is 0 Å². The second-order valence-corrected chi connectivity index (χ2v) is 3.31. The lowest BCUT2D eigenvalue weighted by atomic mass is 10.3. The predicted molar refractivity (Wildman–Crippen MR) is 63.5 cm³/mol. The maximum atomic E-state index is 5.23. The minimum Gasteiger partial charge on any atom is -0.494 e. The third-order valence-corrected chi connectivity index (χ3v) is 2.21. The zero-order chi connectivity index (χ0) is 11.4. The Labute approximate surface area is 94.0 Å². The minimum absolute atomic E-state index is 0.758. The SMILES string of the molecule is COc1ccccc1/N=C(\C)c1ncc[nH]1. The standard InChI is InChI=1S/C12H13N3O/c1-9(12-13-7-8-14-12)15-10-5-3-4-6-11(10)16-2/h3-8H,1-2H3,(H,13,14)/b15-9+. The number of ether oxygens (including phenoxy) is 1. The summed E-state index contributed by atoms with van der Waals surface area (Å²) in [5.74, 6) is 1.53. The normalized spacial score (nSPS) is 11.5. The molecule has 0 spiro atoms.